The number of nitrogens with zero attached hydrogens (tertiary/aromatic N) is 5. The summed E-state index contributed by atoms with van der Waals surface area (Å²) in [5.74, 6) is -0.907. The minimum absolute atomic E-state index is 0.00127. The van der Waals surface area contributed by atoms with Crippen LogP contribution in [0.5, 0.6) is 5.88 Å². The van der Waals surface area contributed by atoms with Crippen LogP contribution in [0.4, 0.5) is 23.5 Å². The average molecular weight is 494 g/mol. The Bertz CT molecular complexity index is 1090. The molecule has 2 aromatic heterocycles. The van der Waals surface area contributed by atoms with Crippen molar-refractivity contribution in [1.29, 1.82) is 0 Å². The Labute approximate surface area is 186 Å². The van der Waals surface area contributed by atoms with Gasteiger partial charge in [0.1, 0.15) is 22.7 Å². The molecule has 2 saturated heterocycles. The monoisotopic (exact) mass is 494 g/mol. The highest BCUT2D eigenvalue weighted by Gasteiger charge is 2.39. The molecule has 182 valence electrons. The van der Waals surface area contributed by atoms with E-state index in [1.54, 1.807) is 7.05 Å². The first kappa shape index (κ1) is 23.6. The molecule has 0 bridgehead atoms. The van der Waals surface area contributed by atoms with Gasteiger partial charge in [0, 0.05) is 39.0 Å². The largest absolute Gasteiger partial charge is 0.471 e. The van der Waals surface area contributed by atoms with Crippen LogP contribution in [-0.2, 0) is 28.0 Å². The molecule has 0 amide bonds. The third-order valence-electron chi connectivity index (χ3n) is 5.36. The lowest BCUT2D eigenvalue weighted by Gasteiger charge is -2.34. The number of anilines is 1. The molecule has 33 heavy (non-hydrogen) atoms. The molecule has 4 rings (SSSR count). The predicted molar refractivity (Wildman–Crippen MR) is 106 cm³/mol. The fourth-order valence-corrected chi connectivity index (χ4v) is 5.04. The third-order valence-corrected chi connectivity index (χ3v) is 7.18. The molecule has 2 aliphatic rings. The second kappa shape index (κ2) is 9.02. The van der Waals surface area contributed by atoms with E-state index in [-0.39, 0.29) is 30.4 Å². The van der Waals surface area contributed by atoms with Crippen molar-refractivity contribution in [2.24, 2.45) is 7.05 Å². The number of aromatic nitrogens is 4. The Morgan fingerprint density at radius 3 is 2.67 bits per heavy atom. The van der Waals surface area contributed by atoms with Gasteiger partial charge in [0.15, 0.2) is 0 Å². The molecule has 1 N–H and O–H groups in total. The van der Waals surface area contributed by atoms with Crippen LogP contribution >= 0.6 is 0 Å². The van der Waals surface area contributed by atoms with Crippen LogP contribution in [0.2, 0.25) is 0 Å². The van der Waals surface area contributed by atoms with Crippen LogP contribution in [0.15, 0.2) is 23.5 Å². The zero-order valence-corrected chi connectivity index (χ0v) is 18.3. The lowest BCUT2D eigenvalue weighted by atomic mass is 10.1. The average Bonchev–Trinajstić information content (AvgIpc) is 3.41. The van der Waals surface area contributed by atoms with Crippen molar-refractivity contribution in [2.45, 2.75) is 42.2 Å². The number of piperidine rings is 1. The Morgan fingerprint density at radius 1 is 1.27 bits per heavy atom. The van der Waals surface area contributed by atoms with Crippen LogP contribution in [0.25, 0.3) is 0 Å². The number of alkyl halides is 4. The zero-order valence-electron chi connectivity index (χ0n) is 17.5. The smallest absolute Gasteiger partial charge is 0.423 e. The first-order valence-corrected chi connectivity index (χ1v) is 11.6. The molecule has 4 heterocycles. The predicted octanol–water partition coefficient (Wildman–Crippen LogP) is 1.61. The highest BCUT2D eigenvalue weighted by molar-refractivity contribution is 7.89. The van der Waals surface area contributed by atoms with Gasteiger partial charge in [0.05, 0.1) is 25.5 Å². The van der Waals surface area contributed by atoms with Crippen molar-refractivity contribution in [3.8, 4) is 5.88 Å². The number of rotatable bonds is 6. The van der Waals surface area contributed by atoms with Gasteiger partial charge in [-0.1, -0.05) is 0 Å². The van der Waals surface area contributed by atoms with Crippen molar-refractivity contribution in [2.75, 3.05) is 31.6 Å². The zero-order chi connectivity index (χ0) is 23.8. The molecule has 2 fully saturated rings. The van der Waals surface area contributed by atoms with Gasteiger partial charge in [-0.05, 0) is 6.42 Å². The van der Waals surface area contributed by atoms with Crippen molar-refractivity contribution in [3.05, 3.63) is 24.2 Å². The fraction of sp³-hybridized carbons (Fsp3) is 0.611. The fourth-order valence-electron chi connectivity index (χ4n) is 3.59. The molecule has 0 spiro atoms. The van der Waals surface area contributed by atoms with Crippen LogP contribution in [0.3, 0.4) is 0 Å². The summed E-state index contributed by atoms with van der Waals surface area (Å²) in [5.41, 5.74) is -1.14. The summed E-state index contributed by atoms with van der Waals surface area (Å²) in [6.07, 6.45) is -3.41. The second-order valence-corrected chi connectivity index (χ2v) is 9.72. The van der Waals surface area contributed by atoms with Gasteiger partial charge in [0.25, 0.3) is 0 Å². The number of aryl methyl sites for hydroxylation is 1. The molecular weight excluding hydrogens is 472 g/mol. The quantitative estimate of drug-likeness (QED) is 0.603. The number of hydrogen-bond acceptors (Lipinski definition) is 8. The van der Waals surface area contributed by atoms with Crippen molar-refractivity contribution in [1.82, 2.24) is 24.1 Å². The van der Waals surface area contributed by atoms with E-state index in [0.717, 1.165) is 4.31 Å². The van der Waals surface area contributed by atoms with E-state index in [1.165, 1.54) is 17.1 Å². The van der Waals surface area contributed by atoms with Crippen LogP contribution in [0.1, 0.15) is 18.4 Å². The topological polar surface area (TPSA) is 111 Å². The summed E-state index contributed by atoms with van der Waals surface area (Å²) < 4.78 is 93.0. The molecule has 0 aromatic carbocycles. The Morgan fingerprint density at radius 2 is 2.06 bits per heavy atom. The van der Waals surface area contributed by atoms with E-state index in [9.17, 15) is 26.0 Å². The van der Waals surface area contributed by atoms with Gasteiger partial charge in [-0.15, -0.1) is 0 Å². The molecule has 0 radical (unpaired) electrons. The van der Waals surface area contributed by atoms with Crippen molar-refractivity contribution < 1.29 is 35.5 Å². The first-order valence-electron chi connectivity index (χ1n) is 10.1. The van der Waals surface area contributed by atoms with E-state index < -0.39 is 52.5 Å². The van der Waals surface area contributed by atoms with Gasteiger partial charge in [-0.2, -0.15) is 27.6 Å². The number of halogens is 4. The van der Waals surface area contributed by atoms with Gasteiger partial charge in [-0.3, -0.25) is 4.68 Å². The third kappa shape index (κ3) is 5.19. The summed E-state index contributed by atoms with van der Waals surface area (Å²) in [6.45, 7) is 0.0732. The van der Waals surface area contributed by atoms with Crippen LogP contribution < -0.4 is 10.1 Å². The molecule has 0 aliphatic carbocycles. The molecule has 2 aliphatic heterocycles. The van der Waals surface area contributed by atoms with E-state index in [2.05, 4.69) is 20.4 Å². The molecule has 0 unspecified atom stereocenters. The minimum atomic E-state index is -4.73. The summed E-state index contributed by atoms with van der Waals surface area (Å²) in [6, 6.07) is -0.898. The summed E-state index contributed by atoms with van der Waals surface area (Å²) >= 11 is 0. The molecule has 0 saturated carbocycles. The van der Waals surface area contributed by atoms with Crippen molar-refractivity contribution in [3.63, 3.8) is 0 Å². The minimum Gasteiger partial charge on any atom is -0.471 e. The second-order valence-electron chi connectivity index (χ2n) is 7.78. The lowest BCUT2D eigenvalue weighted by molar-refractivity contribution is -0.139. The molecule has 15 heteroatoms. The van der Waals surface area contributed by atoms with Gasteiger partial charge in [-0.25, -0.2) is 17.8 Å². The normalized spacial score (nSPS) is 24.7. The van der Waals surface area contributed by atoms with E-state index >= 15 is 0 Å². The number of sulfonamides is 1. The maximum atomic E-state index is 14.9. The highest BCUT2D eigenvalue weighted by atomic mass is 32.2. The maximum absolute atomic E-state index is 14.9. The SMILES string of the molecule is Cn1cc(S(=O)(=O)N2CC[C@H](Nc3ncc(C(F)(F)F)c(O[C@H]4CCOC4)n3)[C@@H](F)C2)cn1. The highest BCUT2D eigenvalue weighted by Crippen LogP contribution is 2.36. The van der Waals surface area contributed by atoms with Gasteiger partial charge >= 0.3 is 6.18 Å². The summed E-state index contributed by atoms with van der Waals surface area (Å²) in [7, 11) is -2.35. The van der Waals surface area contributed by atoms with E-state index in [1.807, 2.05) is 0 Å². The number of hydrogen-bond donors (Lipinski definition) is 1. The lowest BCUT2D eigenvalue weighted by Crippen LogP contribution is -2.50. The van der Waals surface area contributed by atoms with Gasteiger partial charge in [0.2, 0.25) is 21.9 Å². The first-order chi connectivity index (χ1) is 15.5. The Balaban J connectivity index is 1.46. The maximum Gasteiger partial charge on any atom is 0.423 e. The van der Waals surface area contributed by atoms with E-state index in [0.29, 0.717) is 19.2 Å². The summed E-state index contributed by atoms with van der Waals surface area (Å²) in [4.78, 5) is 7.44. The van der Waals surface area contributed by atoms with E-state index in [4.69, 9.17) is 9.47 Å². The van der Waals surface area contributed by atoms with Crippen LogP contribution in [-0.4, -0.2) is 77.1 Å². The van der Waals surface area contributed by atoms with Gasteiger partial charge < -0.3 is 14.8 Å². The molecular formula is C18H22F4N6O4S. The molecule has 10 nitrogen and oxygen atoms in total. The summed E-state index contributed by atoms with van der Waals surface area (Å²) in [5, 5.41) is 6.50. The van der Waals surface area contributed by atoms with Crippen LogP contribution in [0, 0.1) is 0 Å². The number of ether oxygens (including phenoxy) is 2. The van der Waals surface area contributed by atoms with Crippen molar-refractivity contribution >= 4 is 16.0 Å². The molecule has 2 aromatic rings. The number of nitrogens with one attached hydrogen (secondary N) is 1. The molecule has 3 atom stereocenters. The Hall–Kier alpha value is -2.52. The Kier molecular flexibility index (Phi) is 6.46. The standard InChI is InChI=1S/C18H22F4N6O4S/c1-27-8-12(6-24-27)33(29,30)28-4-2-15(14(19)9-28)25-17-23-7-13(18(20,21)22)16(26-17)32-11-3-5-31-10-11/h6-8,11,14-15H,2-5,9-10H2,1H3,(H,23,25,26)/t11-,14-,15-/m0/s1.